The van der Waals surface area contributed by atoms with Gasteiger partial charge in [0.2, 0.25) is 17.7 Å². The molecule has 2 aromatic rings. The second-order valence-corrected chi connectivity index (χ2v) is 9.11. The van der Waals surface area contributed by atoms with Crippen LogP contribution in [-0.4, -0.2) is 71.0 Å². The molecular formula is C25H38N8O5. The molecule has 11 N–H and O–H groups in total. The van der Waals surface area contributed by atoms with Gasteiger partial charge in [-0.25, -0.2) is 4.79 Å². The molecular weight excluding hydrogens is 492 g/mol. The number of fused-ring (bicyclic) bond motifs is 1. The zero-order chi connectivity index (χ0) is 28.2. The van der Waals surface area contributed by atoms with Crippen LogP contribution in [0.25, 0.3) is 10.9 Å². The third kappa shape index (κ3) is 8.76. The van der Waals surface area contributed by atoms with Crippen molar-refractivity contribution in [2.45, 2.75) is 57.7 Å². The molecule has 1 aromatic heterocycles. The fourth-order valence-corrected chi connectivity index (χ4v) is 3.96. The molecule has 0 fully saturated rings. The van der Waals surface area contributed by atoms with Crippen molar-refractivity contribution in [1.82, 2.24) is 20.9 Å². The van der Waals surface area contributed by atoms with Gasteiger partial charge in [0.05, 0.1) is 6.54 Å². The number of aliphatic imine (C=N–C) groups is 1. The van der Waals surface area contributed by atoms with E-state index in [0.29, 0.717) is 12.8 Å². The zero-order valence-electron chi connectivity index (χ0n) is 21.7. The summed E-state index contributed by atoms with van der Waals surface area (Å²) in [5.74, 6) is -3.42. The monoisotopic (exact) mass is 530 g/mol. The number of carboxylic acids is 1. The lowest BCUT2D eigenvalue weighted by atomic mass is 9.98. The number of hydrogen-bond donors (Lipinski definition) is 8. The first kappa shape index (κ1) is 30.1. The lowest BCUT2D eigenvalue weighted by Gasteiger charge is -2.26. The average molecular weight is 531 g/mol. The van der Waals surface area contributed by atoms with Gasteiger partial charge in [0, 0.05) is 30.1 Å². The van der Waals surface area contributed by atoms with E-state index in [1.54, 1.807) is 13.1 Å². The predicted octanol–water partition coefficient (Wildman–Crippen LogP) is -0.692. The van der Waals surface area contributed by atoms with E-state index >= 15 is 0 Å². The SMILES string of the molecule is CCC(C)C(NC(=O)C(Cc1c[nH]c2ccccc12)NC(=O)C(CCCN=C(N)N)NC(=O)CN)C(=O)O. The minimum atomic E-state index is -1.17. The summed E-state index contributed by atoms with van der Waals surface area (Å²) in [5.41, 5.74) is 17.7. The highest BCUT2D eigenvalue weighted by atomic mass is 16.4. The Hall–Kier alpha value is -4.13. The number of amides is 3. The molecule has 0 radical (unpaired) electrons. The Bertz CT molecular complexity index is 1140. The quantitative estimate of drug-likeness (QED) is 0.0832. The van der Waals surface area contributed by atoms with Crippen LogP contribution in [-0.2, 0) is 25.6 Å². The Morgan fingerprint density at radius 1 is 1.05 bits per heavy atom. The molecule has 0 spiro atoms. The number of nitrogens with one attached hydrogen (secondary N) is 4. The van der Waals surface area contributed by atoms with E-state index in [1.165, 1.54) is 0 Å². The minimum absolute atomic E-state index is 0.0833. The van der Waals surface area contributed by atoms with Crippen LogP contribution in [0.15, 0.2) is 35.5 Å². The van der Waals surface area contributed by atoms with Gasteiger partial charge in [0.15, 0.2) is 5.96 Å². The highest BCUT2D eigenvalue weighted by molar-refractivity contribution is 5.94. The van der Waals surface area contributed by atoms with E-state index in [9.17, 15) is 24.3 Å². The summed E-state index contributed by atoms with van der Waals surface area (Å²) in [7, 11) is 0. The number of nitrogens with two attached hydrogens (primary N) is 3. The van der Waals surface area contributed by atoms with Crippen LogP contribution in [0.1, 0.15) is 38.7 Å². The van der Waals surface area contributed by atoms with Gasteiger partial charge in [-0.05, 0) is 30.4 Å². The Morgan fingerprint density at radius 2 is 1.74 bits per heavy atom. The predicted molar refractivity (Wildman–Crippen MR) is 144 cm³/mol. The van der Waals surface area contributed by atoms with Gasteiger partial charge in [-0.3, -0.25) is 19.4 Å². The molecule has 4 unspecified atom stereocenters. The second-order valence-electron chi connectivity index (χ2n) is 9.11. The molecule has 2 rings (SSSR count). The Morgan fingerprint density at radius 3 is 2.37 bits per heavy atom. The molecule has 1 heterocycles. The lowest BCUT2D eigenvalue weighted by molar-refractivity contribution is -0.143. The summed E-state index contributed by atoms with van der Waals surface area (Å²) in [6, 6.07) is 4.21. The third-order valence-electron chi connectivity index (χ3n) is 6.29. The summed E-state index contributed by atoms with van der Waals surface area (Å²) in [4.78, 5) is 57.5. The number of benzene rings is 1. The number of aromatic amines is 1. The van der Waals surface area contributed by atoms with Crippen LogP contribution >= 0.6 is 0 Å². The third-order valence-corrected chi connectivity index (χ3v) is 6.29. The standard InChI is InChI=1S/C25H38N8O5/c1-3-14(2)21(24(37)38)33-23(36)19(11-15-13-30-17-8-5-4-7-16(15)17)32-22(35)18(31-20(34)12-26)9-6-10-29-25(27)28/h4-5,7-8,13-14,18-19,21,30H,3,6,9-12,26H2,1-2H3,(H,31,34)(H,32,35)(H,33,36)(H,37,38)(H4,27,28,29). The smallest absolute Gasteiger partial charge is 0.326 e. The van der Waals surface area contributed by atoms with E-state index in [-0.39, 0.29) is 37.8 Å². The molecule has 13 nitrogen and oxygen atoms in total. The van der Waals surface area contributed by atoms with Gasteiger partial charge in [-0.15, -0.1) is 0 Å². The van der Waals surface area contributed by atoms with E-state index in [0.717, 1.165) is 16.5 Å². The molecule has 0 aliphatic heterocycles. The number of aromatic nitrogens is 1. The van der Waals surface area contributed by atoms with Gasteiger partial charge in [0.25, 0.3) is 0 Å². The zero-order valence-corrected chi connectivity index (χ0v) is 21.7. The van der Waals surface area contributed by atoms with Crippen LogP contribution in [0.2, 0.25) is 0 Å². The van der Waals surface area contributed by atoms with Gasteiger partial charge >= 0.3 is 5.97 Å². The molecule has 3 amide bonds. The van der Waals surface area contributed by atoms with Crippen molar-refractivity contribution >= 4 is 40.6 Å². The maximum Gasteiger partial charge on any atom is 0.326 e. The van der Waals surface area contributed by atoms with Gasteiger partial charge < -0.3 is 43.2 Å². The molecule has 0 aliphatic carbocycles. The van der Waals surface area contributed by atoms with Crippen LogP contribution in [0.4, 0.5) is 0 Å². The first-order valence-electron chi connectivity index (χ1n) is 12.5. The Labute approximate surface area is 221 Å². The van der Waals surface area contributed by atoms with Gasteiger partial charge in [-0.2, -0.15) is 0 Å². The topological polar surface area (TPSA) is 231 Å². The summed E-state index contributed by atoms with van der Waals surface area (Å²) in [6.45, 7) is 3.46. The Kier molecular flexibility index (Phi) is 11.5. The molecule has 0 saturated carbocycles. The van der Waals surface area contributed by atoms with E-state index in [4.69, 9.17) is 17.2 Å². The fourth-order valence-electron chi connectivity index (χ4n) is 3.96. The number of aliphatic carboxylic acids is 1. The minimum Gasteiger partial charge on any atom is -0.480 e. The number of guanidine groups is 1. The number of H-pyrrole nitrogens is 1. The van der Waals surface area contributed by atoms with Crippen molar-refractivity contribution in [3.05, 3.63) is 36.0 Å². The second kappa shape index (κ2) is 14.6. The van der Waals surface area contributed by atoms with Crippen molar-refractivity contribution in [3.63, 3.8) is 0 Å². The van der Waals surface area contributed by atoms with Crippen molar-refractivity contribution in [2.75, 3.05) is 13.1 Å². The highest BCUT2D eigenvalue weighted by Gasteiger charge is 2.32. The molecule has 38 heavy (non-hydrogen) atoms. The molecule has 13 heteroatoms. The number of para-hydroxylation sites is 1. The van der Waals surface area contributed by atoms with Crippen LogP contribution in [0.5, 0.6) is 0 Å². The number of nitrogens with zero attached hydrogens (tertiary/aromatic N) is 1. The summed E-state index contributed by atoms with van der Waals surface area (Å²) in [6.07, 6.45) is 2.90. The normalized spacial score (nSPS) is 14.1. The lowest BCUT2D eigenvalue weighted by Crippen LogP contribution is -2.57. The van der Waals surface area contributed by atoms with Crippen molar-refractivity contribution in [2.24, 2.45) is 28.1 Å². The van der Waals surface area contributed by atoms with E-state index < -0.39 is 41.8 Å². The number of rotatable bonds is 15. The molecule has 4 atom stereocenters. The van der Waals surface area contributed by atoms with Crippen LogP contribution < -0.4 is 33.2 Å². The van der Waals surface area contributed by atoms with Crippen LogP contribution in [0, 0.1) is 5.92 Å². The maximum absolute atomic E-state index is 13.4. The molecule has 0 bridgehead atoms. The number of carbonyl (C=O) groups is 4. The summed E-state index contributed by atoms with van der Waals surface area (Å²) >= 11 is 0. The van der Waals surface area contributed by atoms with Crippen LogP contribution in [0.3, 0.4) is 0 Å². The number of carboxylic acid groups (broad SMARTS) is 1. The molecule has 208 valence electrons. The van der Waals surface area contributed by atoms with E-state index in [2.05, 4.69) is 25.9 Å². The van der Waals surface area contributed by atoms with E-state index in [1.807, 2.05) is 31.2 Å². The van der Waals surface area contributed by atoms with Gasteiger partial charge in [-0.1, -0.05) is 38.5 Å². The summed E-state index contributed by atoms with van der Waals surface area (Å²) < 4.78 is 0. The van der Waals surface area contributed by atoms with Crippen molar-refractivity contribution in [3.8, 4) is 0 Å². The number of carbonyl (C=O) groups excluding carboxylic acids is 3. The average Bonchev–Trinajstić information content (AvgIpc) is 3.30. The largest absolute Gasteiger partial charge is 0.480 e. The maximum atomic E-state index is 13.4. The first-order valence-corrected chi connectivity index (χ1v) is 12.5. The Balaban J connectivity index is 2.31. The fraction of sp³-hybridized carbons (Fsp3) is 0.480. The molecule has 0 aliphatic rings. The molecule has 1 aromatic carbocycles. The molecule has 0 saturated heterocycles. The summed E-state index contributed by atoms with van der Waals surface area (Å²) in [5, 5.41) is 18.4. The highest BCUT2D eigenvalue weighted by Crippen LogP contribution is 2.19. The number of hydrogen-bond acceptors (Lipinski definition) is 6. The van der Waals surface area contributed by atoms with Crippen molar-refractivity contribution < 1.29 is 24.3 Å². The van der Waals surface area contributed by atoms with Gasteiger partial charge in [0.1, 0.15) is 18.1 Å². The first-order chi connectivity index (χ1) is 18.1. The van der Waals surface area contributed by atoms with Crippen molar-refractivity contribution in [1.29, 1.82) is 0 Å².